The minimum Gasteiger partial charge on any atom is -0.486 e. The average molecular weight is 353 g/mol. The third-order valence-corrected chi connectivity index (χ3v) is 3.81. The van der Waals surface area contributed by atoms with Crippen molar-refractivity contribution in [2.45, 2.75) is 33.4 Å². The highest BCUT2D eigenvalue weighted by Gasteiger charge is 2.08. The summed E-state index contributed by atoms with van der Waals surface area (Å²) in [5.41, 5.74) is 6.77. The van der Waals surface area contributed by atoms with E-state index in [9.17, 15) is 0 Å². The van der Waals surface area contributed by atoms with E-state index in [2.05, 4.69) is 39.9 Å². The monoisotopic (exact) mass is 352 g/mol. The van der Waals surface area contributed by atoms with Gasteiger partial charge in [-0.05, 0) is 42.6 Å². The van der Waals surface area contributed by atoms with Crippen LogP contribution in [0.5, 0.6) is 5.75 Å². The maximum atomic E-state index is 5.83. The molecule has 1 aromatic heterocycles. The van der Waals surface area contributed by atoms with Gasteiger partial charge < -0.3 is 10.5 Å². The summed E-state index contributed by atoms with van der Waals surface area (Å²) >= 11 is 3.52. The highest BCUT2D eigenvalue weighted by atomic mass is 79.9. The molecule has 0 atom stereocenters. The van der Waals surface area contributed by atoms with Crippen LogP contribution in [0, 0.1) is 5.92 Å². The third kappa shape index (κ3) is 4.54. The number of ether oxygens (including phenoxy) is 1. The molecule has 0 amide bonds. The second-order valence-corrected chi connectivity index (χ2v) is 6.19. The number of rotatable bonds is 7. The summed E-state index contributed by atoms with van der Waals surface area (Å²) in [6.07, 6.45) is 2.39. The topological polar surface area (TPSA) is 66.0 Å². The Morgan fingerprint density at radius 2 is 2.19 bits per heavy atom. The number of nitrogens with zero attached hydrogens (tertiary/aromatic N) is 3. The Balaban J connectivity index is 2.03. The minimum absolute atomic E-state index is 0.413. The van der Waals surface area contributed by atoms with Crippen LogP contribution in [0.1, 0.15) is 25.2 Å². The second kappa shape index (κ2) is 7.56. The molecule has 0 unspecified atom stereocenters. The van der Waals surface area contributed by atoms with Gasteiger partial charge in [-0.1, -0.05) is 29.8 Å². The maximum absolute atomic E-state index is 5.83. The molecular weight excluding hydrogens is 332 g/mol. The van der Waals surface area contributed by atoms with Crippen LogP contribution >= 0.6 is 15.9 Å². The lowest BCUT2D eigenvalue weighted by Gasteiger charge is -2.11. The van der Waals surface area contributed by atoms with E-state index in [1.54, 1.807) is 6.33 Å². The lowest BCUT2D eigenvalue weighted by Crippen LogP contribution is -2.12. The molecule has 2 aromatic rings. The van der Waals surface area contributed by atoms with E-state index in [-0.39, 0.29) is 0 Å². The first kappa shape index (κ1) is 16.0. The van der Waals surface area contributed by atoms with Crippen LogP contribution in [0.3, 0.4) is 0 Å². The summed E-state index contributed by atoms with van der Waals surface area (Å²) in [4.78, 5) is 4.26. The van der Waals surface area contributed by atoms with Gasteiger partial charge in [-0.25, -0.2) is 9.67 Å². The summed E-state index contributed by atoms with van der Waals surface area (Å²) in [7, 11) is 0. The fourth-order valence-corrected chi connectivity index (χ4v) is 2.48. The summed E-state index contributed by atoms with van der Waals surface area (Å²) in [5.74, 6) is 2.18. The van der Waals surface area contributed by atoms with Gasteiger partial charge in [0.1, 0.15) is 18.7 Å². The number of benzene rings is 1. The molecule has 0 spiro atoms. The standard InChI is InChI=1S/C15H21BrN4O/c1-11(2)8-20-15(18-10-19-20)9-21-13-3-4-14(16)12(7-13)5-6-17/h3-4,7,10-11H,5-6,8-9,17H2,1-2H3. The van der Waals surface area contributed by atoms with Crippen LogP contribution in [0.4, 0.5) is 0 Å². The maximum Gasteiger partial charge on any atom is 0.164 e. The van der Waals surface area contributed by atoms with Crippen molar-refractivity contribution in [3.05, 3.63) is 40.4 Å². The van der Waals surface area contributed by atoms with Crippen LogP contribution in [-0.4, -0.2) is 21.3 Å². The molecule has 114 valence electrons. The predicted octanol–water partition coefficient (Wildman–Crippen LogP) is 2.78. The zero-order chi connectivity index (χ0) is 15.2. The van der Waals surface area contributed by atoms with Crippen LogP contribution in [0.2, 0.25) is 0 Å². The average Bonchev–Trinajstić information content (AvgIpc) is 2.86. The van der Waals surface area contributed by atoms with Gasteiger partial charge in [-0.15, -0.1) is 0 Å². The molecule has 0 aliphatic heterocycles. The highest BCUT2D eigenvalue weighted by molar-refractivity contribution is 9.10. The fraction of sp³-hybridized carbons (Fsp3) is 0.467. The van der Waals surface area contributed by atoms with Crippen LogP contribution in [0.15, 0.2) is 29.0 Å². The summed E-state index contributed by atoms with van der Waals surface area (Å²) in [6.45, 7) is 6.18. The molecule has 0 aliphatic rings. The number of aromatic nitrogens is 3. The van der Waals surface area contributed by atoms with E-state index in [0.717, 1.165) is 34.6 Å². The van der Waals surface area contributed by atoms with E-state index in [0.29, 0.717) is 19.1 Å². The SMILES string of the molecule is CC(C)Cn1ncnc1COc1ccc(Br)c(CCN)c1. The third-order valence-electron chi connectivity index (χ3n) is 3.03. The Hall–Kier alpha value is -1.40. The van der Waals surface area contributed by atoms with Gasteiger partial charge in [0, 0.05) is 11.0 Å². The second-order valence-electron chi connectivity index (χ2n) is 5.33. The van der Waals surface area contributed by atoms with Crippen molar-refractivity contribution in [1.82, 2.24) is 14.8 Å². The Labute approximate surface area is 133 Å². The van der Waals surface area contributed by atoms with Crippen molar-refractivity contribution in [3.8, 4) is 5.75 Å². The molecule has 2 rings (SSSR count). The van der Waals surface area contributed by atoms with Gasteiger partial charge in [0.25, 0.3) is 0 Å². The molecule has 5 nitrogen and oxygen atoms in total. The van der Waals surface area contributed by atoms with E-state index >= 15 is 0 Å². The molecule has 6 heteroatoms. The van der Waals surface area contributed by atoms with Crippen LogP contribution in [0.25, 0.3) is 0 Å². The number of hydrogen-bond acceptors (Lipinski definition) is 4. The van der Waals surface area contributed by atoms with E-state index in [1.807, 2.05) is 22.9 Å². The van der Waals surface area contributed by atoms with Crippen LogP contribution in [-0.2, 0) is 19.6 Å². The van der Waals surface area contributed by atoms with Crippen molar-refractivity contribution >= 4 is 15.9 Å². The van der Waals surface area contributed by atoms with Gasteiger partial charge in [-0.2, -0.15) is 5.10 Å². The quantitative estimate of drug-likeness (QED) is 0.831. The number of nitrogens with two attached hydrogens (primary N) is 1. The van der Waals surface area contributed by atoms with Gasteiger partial charge in [0.2, 0.25) is 0 Å². The predicted molar refractivity (Wildman–Crippen MR) is 86.1 cm³/mol. The largest absolute Gasteiger partial charge is 0.486 e. The molecule has 0 fully saturated rings. The Morgan fingerprint density at radius 3 is 2.90 bits per heavy atom. The highest BCUT2D eigenvalue weighted by Crippen LogP contribution is 2.23. The zero-order valence-electron chi connectivity index (χ0n) is 12.4. The molecular formula is C15H21BrN4O. The molecule has 1 aromatic carbocycles. The number of hydrogen-bond donors (Lipinski definition) is 1. The lowest BCUT2D eigenvalue weighted by molar-refractivity contribution is 0.282. The van der Waals surface area contributed by atoms with Crippen LogP contribution < -0.4 is 10.5 Å². The van der Waals surface area contributed by atoms with Gasteiger partial charge in [0.15, 0.2) is 5.82 Å². The van der Waals surface area contributed by atoms with Crippen molar-refractivity contribution < 1.29 is 4.74 Å². The van der Waals surface area contributed by atoms with E-state index in [1.165, 1.54) is 0 Å². The van der Waals surface area contributed by atoms with Crippen molar-refractivity contribution in [2.75, 3.05) is 6.54 Å². The first-order valence-electron chi connectivity index (χ1n) is 7.08. The zero-order valence-corrected chi connectivity index (χ0v) is 14.0. The first-order chi connectivity index (χ1) is 10.1. The molecule has 0 radical (unpaired) electrons. The molecule has 1 heterocycles. The van der Waals surface area contributed by atoms with Crippen molar-refractivity contribution in [2.24, 2.45) is 11.7 Å². The Morgan fingerprint density at radius 1 is 1.38 bits per heavy atom. The Bertz CT molecular complexity index is 583. The first-order valence-corrected chi connectivity index (χ1v) is 7.87. The summed E-state index contributed by atoms with van der Waals surface area (Å²) in [6, 6.07) is 5.94. The number of halogens is 1. The molecule has 0 saturated carbocycles. The smallest absolute Gasteiger partial charge is 0.164 e. The summed E-state index contributed by atoms with van der Waals surface area (Å²) in [5, 5.41) is 4.23. The molecule has 21 heavy (non-hydrogen) atoms. The van der Waals surface area contributed by atoms with E-state index < -0.39 is 0 Å². The van der Waals surface area contributed by atoms with Crippen molar-refractivity contribution in [3.63, 3.8) is 0 Å². The normalized spacial score (nSPS) is 11.1. The van der Waals surface area contributed by atoms with Crippen molar-refractivity contribution in [1.29, 1.82) is 0 Å². The lowest BCUT2D eigenvalue weighted by atomic mass is 10.1. The minimum atomic E-state index is 0.413. The molecule has 2 N–H and O–H groups in total. The van der Waals surface area contributed by atoms with Gasteiger partial charge >= 0.3 is 0 Å². The molecule has 0 bridgehead atoms. The Kier molecular flexibility index (Phi) is 5.76. The fourth-order valence-electron chi connectivity index (χ4n) is 2.03. The molecule has 0 aliphatic carbocycles. The molecule has 0 saturated heterocycles. The van der Waals surface area contributed by atoms with E-state index in [4.69, 9.17) is 10.5 Å². The summed E-state index contributed by atoms with van der Waals surface area (Å²) < 4.78 is 8.78. The van der Waals surface area contributed by atoms with Gasteiger partial charge in [-0.3, -0.25) is 0 Å². The van der Waals surface area contributed by atoms with Gasteiger partial charge in [0.05, 0.1) is 0 Å².